The molecule has 41 heavy (non-hydrogen) atoms. The molecule has 0 saturated heterocycles. The van der Waals surface area contributed by atoms with E-state index in [1.807, 2.05) is 12.1 Å². The molecule has 0 amide bonds. The molecule has 4 rings (SSSR count). The number of carbonyl (C=O) groups excluding carboxylic acids is 1. The summed E-state index contributed by atoms with van der Waals surface area (Å²) >= 11 is 0. The molecule has 3 nitrogen and oxygen atoms in total. The molecule has 8 heteroatoms. The molecule has 0 aliphatic carbocycles. The highest BCUT2D eigenvalue weighted by Crippen LogP contribution is 2.33. The normalized spacial score (nSPS) is 11.3. The molecule has 212 valence electrons. The van der Waals surface area contributed by atoms with Crippen molar-refractivity contribution in [3.63, 3.8) is 0 Å². The first kappa shape index (κ1) is 29.5. The number of aryl methyl sites for hydroxylation is 1. The molecule has 0 atom stereocenters. The third kappa shape index (κ3) is 7.20. The van der Waals surface area contributed by atoms with E-state index in [1.54, 1.807) is 12.1 Å². The lowest BCUT2D eigenvalue weighted by Gasteiger charge is -2.12. The van der Waals surface area contributed by atoms with E-state index < -0.39 is 36.0 Å². The van der Waals surface area contributed by atoms with Crippen LogP contribution in [0.15, 0.2) is 97.1 Å². The molecule has 0 aliphatic rings. The number of ether oxygens (including phenoxy) is 2. The fourth-order valence-corrected chi connectivity index (χ4v) is 4.22. The quantitative estimate of drug-likeness (QED) is 0.0832. The molecule has 0 aliphatic heterocycles. The molecule has 4 aromatic carbocycles. The molecule has 0 N–H and O–H groups in total. The van der Waals surface area contributed by atoms with Crippen molar-refractivity contribution in [2.24, 2.45) is 0 Å². The lowest BCUT2D eigenvalue weighted by atomic mass is 9.96. The van der Waals surface area contributed by atoms with E-state index in [9.17, 15) is 18.0 Å². The first-order chi connectivity index (χ1) is 19.6. The maximum Gasteiger partial charge on any atom is 0.422 e. The Morgan fingerprint density at radius 1 is 0.707 bits per heavy atom. The summed E-state index contributed by atoms with van der Waals surface area (Å²) in [7, 11) is 0. The summed E-state index contributed by atoms with van der Waals surface area (Å²) in [6.45, 7) is 4.15. The third-order valence-corrected chi connectivity index (χ3v) is 6.44. The van der Waals surface area contributed by atoms with Gasteiger partial charge >= 0.3 is 12.1 Å². The maximum absolute atomic E-state index is 15.1. The molecule has 0 radical (unpaired) electrons. The van der Waals surface area contributed by atoms with Crippen molar-refractivity contribution in [2.45, 2.75) is 25.9 Å². The minimum absolute atomic E-state index is 0.0567. The molecule has 0 aromatic heterocycles. The predicted molar refractivity (Wildman–Crippen MR) is 148 cm³/mol. The number of hydrogen-bond donors (Lipinski definition) is 0. The summed E-state index contributed by atoms with van der Waals surface area (Å²) in [4.78, 5) is 11.3. The van der Waals surface area contributed by atoms with Crippen LogP contribution in [-0.4, -0.2) is 25.4 Å². The average Bonchev–Trinajstić information content (AvgIpc) is 2.97. The Morgan fingerprint density at radius 3 is 1.66 bits per heavy atom. The van der Waals surface area contributed by atoms with Crippen molar-refractivity contribution in [1.29, 1.82) is 0 Å². The van der Waals surface area contributed by atoms with Gasteiger partial charge in [0.25, 0.3) is 0 Å². The minimum Gasteiger partial charge on any atom is -0.490 e. The summed E-state index contributed by atoms with van der Waals surface area (Å²) in [5, 5.41) is 0. The maximum atomic E-state index is 15.1. The number of alkyl halides is 3. The minimum atomic E-state index is -4.87. The summed E-state index contributed by atoms with van der Waals surface area (Å²) in [6.07, 6.45) is -2.78. The number of rotatable bonds is 10. The largest absolute Gasteiger partial charge is 0.490 e. The van der Waals surface area contributed by atoms with Gasteiger partial charge in [-0.15, -0.1) is 0 Å². The van der Waals surface area contributed by atoms with Crippen LogP contribution in [0.4, 0.5) is 22.0 Å². The molecule has 0 fully saturated rings. The van der Waals surface area contributed by atoms with E-state index in [1.165, 1.54) is 42.0 Å². The molecule has 0 bridgehead atoms. The zero-order valence-corrected chi connectivity index (χ0v) is 22.2. The lowest BCUT2D eigenvalue weighted by molar-refractivity contribution is -0.151. The molecule has 0 saturated carbocycles. The van der Waals surface area contributed by atoms with E-state index in [4.69, 9.17) is 4.74 Å². The van der Waals surface area contributed by atoms with Gasteiger partial charge in [0.15, 0.2) is 11.6 Å². The van der Waals surface area contributed by atoms with Crippen LogP contribution in [0.2, 0.25) is 0 Å². The smallest absolute Gasteiger partial charge is 0.422 e. The van der Waals surface area contributed by atoms with Crippen LogP contribution >= 0.6 is 0 Å². The van der Waals surface area contributed by atoms with Crippen LogP contribution in [0.5, 0.6) is 5.75 Å². The van der Waals surface area contributed by atoms with Crippen molar-refractivity contribution in [3.05, 3.63) is 114 Å². The third-order valence-electron chi connectivity index (χ3n) is 6.44. The van der Waals surface area contributed by atoms with E-state index in [0.717, 1.165) is 24.0 Å². The van der Waals surface area contributed by atoms with E-state index in [0.29, 0.717) is 16.9 Å². The molecule has 0 heterocycles. The van der Waals surface area contributed by atoms with Gasteiger partial charge in [-0.2, -0.15) is 13.2 Å². The van der Waals surface area contributed by atoms with Crippen LogP contribution in [-0.2, 0) is 16.0 Å². The highest BCUT2D eigenvalue weighted by molar-refractivity contribution is 5.89. The molecule has 0 unspecified atom stereocenters. The summed E-state index contributed by atoms with van der Waals surface area (Å²) in [5.74, 6) is -3.24. The second-order valence-corrected chi connectivity index (χ2v) is 9.30. The number of hydrogen-bond acceptors (Lipinski definition) is 3. The van der Waals surface area contributed by atoms with Gasteiger partial charge in [-0.05, 0) is 46.4 Å². The second kappa shape index (κ2) is 12.8. The molecule has 0 spiro atoms. The van der Waals surface area contributed by atoms with E-state index in [-0.39, 0.29) is 17.7 Å². The lowest BCUT2D eigenvalue weighted by Crippen LogP contribution is -2.22. The molecular formula is C33H27F5O3. The van der Waals surface area contributed by atoms with Crippen LogP contribution in [0, 0.1) is 11.6 Å². The Labute approximate surface area is 234 Å². The Kier molecular flexibility index (Phi) is 9.22. The summed E-state index contributed by atoms with van der Waals surface area (Å²) in [6, 6.07) is 24.6. The number of halogens is 5. The summed E-state index contributed by atoms with van der Waals surface area (Å²) < 4.78 is 77.4. The topological polar surface area (TPSA) is 35.5 Å². The van der Waals surface area contributed by atoms with Crippen LogP contribution in [0.1, 0.15) is 18.9 Å². The number of benzene rings is 4. The fraction of sp³-hybridized carbons (Fsp3) is 0.182. The first-order valence-electron chi connectivity index (χ1n) is 12.9. The zero-order chi connectivity index (χ0) is 29.6. The van der Waals surface area contributed by atoms with Crippen LogP contribution < -0.4 is 4.74 Å². The predicted octanol–water partition coefficient (Wildman–Crippen LogP) is 8.96. The van der Waals surface area contributed by atoms with Gasteiger partial charge in [-0.25, -0.2) is 13.6 Å². The van der Waals surface area contributed by atoms with Gasteiger partial charge in [0, 0.05) is 11.1 Å². The van der Waals surface area contributed by atoms with Crippen molar-refractivity contribution in [1.82, 2.24) is 0 Å². The molecule has 4 aromatic rings. The number of esters is 1. The van der Waals surface area contributed by atoms with Gasteiger partial charge in [-0.1, -0.05) is 92.7 Å². The van der Waals surface area contributed by atoms with Crippen LogP contribution in [0.25, 0.3) is 33.4 Å². The SMILES string of the molecule is C=C(C(=O)OCCOc1ccc(-c2ccc(-c3ccc(-c4ccc(CCC)cc4)cc3)c(F)c2F)cc1)C(F)(F)F. The van der Waals surface area contributed by atoms with Crippen molar-refractivity contribution < 1.29 is 36.2 Å². The van der Waals surface area contributed by atoms with E-state index >= 15 is 8.78 Å². The standard InChI is InChI=1S/C33H27F5O3/c1-3-4-22-5-7-23(8-6-22)24-9-11-25(12-10-24)28-17-18-29(31(35)30(28)34)26-13-15-27(16-14-26)40-19-20-41-32(39)21(2)33(36,37)38/h5-18H,2-4,19-20H2,1H3. The van der Waals surface area contributed by atoms with Crippen molar-refractivity contribution >= 4 is 5.97 Å². The first-order valence-corrected chi connectivity index (χ1v) is 12.9. The average molecular weight is 567 g/mol. The van der Waals surface area contributed by atoms with Gasteiger partial charge < -0.3 is 9.47 Å². The zero-order valence-electron chi connectivity index (χ0n) is 22.2. The highest BCUT2D eigenvalue weighted by Gasteiger charge is 2.37. The van der Waals surface area contributed by atoms with Gasteiger partial charge in [0.1, 0.15) is 24.5 Å². The highest BCUT2D eigenvalue weighted by atomic mass is 19.4. The molecular weight excluding hydrogens is 539 g/mol. The van der Waals surface area contributed by atoms with Crippen LogP contribution in [0.3, 0.4) is 0 Å². The Balaban J connectivity index is 1.40. The van der Waals surface area contributed by atoms with E-state index in [2.05, 4.69) is 42.5 Å². The van der Waals surface area contributed by atoms with Gasteiger partial charge in [0.05, 0.1) is 0 Å². The summed E-state index contributed by atoms with van der Waals surface area (Å²) in [5.41, 5.74) is 2.82. The Bertz CT molecular complexity index is 1510. The number of carbonyl (C=O) groups is 1. The monoisotopic (exact) mass is 566 g/mol. The van der Waals surface area contributed by atoms with Gasteiger partial charge in [0.2, 0.25) is 0 Å². The van der Waals surface area contributed by atoms with Crippen molar-refractivity contribution in [2.75, 3.05) is 13.2 Å². The second-order valence-electron chi connectivity index (χ2n) is 9.30. The Morgan fingerprint density at radius 2 is 1.17 bits per heavy atom. The van der Waals surface area contributed by atoms with Gasteiger partial charge in [-0.3, -0.25) is 0 Å². The van der Waals surface area contributed by atoms with Crippen molar-refractivity contribution in [3.8, 4) is 39.1 Å². The Hall–Kier alpha value is -4.46. The fourth-order valence-electron chi connectivity index (χ4n) is 4.22.